The lowest BCUT2D eigenvalue weighted by Crippen LogP contribution is -2.33. The van der Waals surface area contributed by atoms with E-state index in [0.717, 1.165) is 24.3 Å². The van der Waals surface area contributed by atoms with Gasteiger partial charge in [-0.05, 0) is 39.3 Å². The summed E-state index contributed by atoms with van der Waals surface area (Å²) in [6.07, 6.45) is 1.11. The molecule has 0 saturated heterocycles. The Balaban J connectivity index is 3.29. The second-order valence-electron chi connectivity index (χ2n) is 4.73. The molecule has 0 radical (unpaired) electrons. The Morgan fingerprint density at radius 2 is 1.94 bits per heavy atom. The van der Waals surface area contributed by atoms with Gasteiger partial charge in [-0.25, -0.2) is 0 Å². The molecular weight excluding hydrogens is 224 g/mol. The van der Waals surface area contributed by atoms with E-state index < -0.39 is 0 Å². The minimum atomic E-state index is -0.0331. The molecule has 0 aromatic heterocycles. The Bertz CT molecular complexity index is 377. The second-order valence-corrected chi connectivity index (χ2v) is 4.73. The van der Waals surface area contributed by atoms with E-state index in [4.69, 9.17) is 10.5 Å². The fourth-order valence-electron chi connectivity index (χ4n) is 2.36. The lowest BCUT2D eigenvalue weighted by molar-refractivity contribution is 0.406. The molecule has 18 heavy (non-hydrogen) atoms. The largest absolute Gasteiger partial charge is 0.496 e. The molecule has 0 heterocycles. The zero-order chi connectivity index (χ0) is 13.7. The number of anilines is 1. The van der Waals surface area contributed by atoms with Crippen molar-refractivity contribution in [1.82, 2.24) is 0 Å². The van der Waals surface area contributed by atoms with Crippen LogP contribution < -0.4 is 15.4 Å². The van der Waals surface area contributed by atoms with Crippen LogP contribution in [0.2, 0.25) is 0 Å². The van der Waals surface area contributed by atoms with Gasteiger partial charge in [0.1, 0.15) is 5.75 Å². The number of hydrogen-bond acceptors (Lipinski definition) is 3. The first-order valence-electron chi connectivity index (χ1n) is 6.75. The van der Waals surface area contributed by atoms with Crippen LogP contribution in [0.3, 0.4) is 0 Å². The molecule has 102 valence electrons. The Labute approximate surface area is 111 Å². The van der Waals surface area contributed by atoms with Crippen LogP contribution in [0.25, 0.3) is 0 Å². The molecule has 0 saturated carbocycles. The zero-order valence-corrected chi connectivity index (χ0v) is 12.2. The number of methoxy groups -OCH3 is 1. The van der Waals surface area contributed by atoms with Gasteiger partial charge in [0.05, 0.1) is 7.11 Å². The third-order valence-corrected chi connectivity index (χ3v) is 3.49. The Morgan fingerprint density at radius 1 is 1.28 bits per heavy atom. The molecular formula is C15H26N2O. The summed E-state index contributed by atoms with van der Waals surface area (Å²) in [5, 5.41) is 0. The van der Waals surface area contributed by atoms with Gasteiger partial charge in [0.15, 0.2) is 0 Å². The minimum absolute atomic E-state index is 0.0331. The van der Waals surface area contributed by atoms with E-state index in [2.05, 4.69) is 31.7 Å². The molecule has 1 unspecified atom stereocenters. The molecule has 1 rings (SSSR count). The third kappa shape index (κ3) is 2.96. The van der Waals surface area contributed by atoms with Gasteiger partial charge in [0.2, 0.25) is 0 Å². The summed E-state index contributed by atoms with van der Waals surface area (Å²) < 4.78 is 5.45. The van der Waals surface area contributed by atoms with Crippen LogP contribution in [0.1, 0.15) is 45.7 Å². The average Bonchev–Trinajstić information content (AvgIpc) is 2.38. The van der Waals surface area contributed by atoms with E-state index in [1.54, 1.807) is 7.11 Å². The summed E-state index contributed by atoms with van der Waals surface area (Å²) in [6, 6.07) is 6.61. The maximum Gasteiger partial charge on any atom is 0.125 e. The Morgan fingerprint density at radius 3 is 2.39 bits per heavy atom. The number of hydrogen-bond donors (Lipinski definition) is 1. The lowest BCUT2D eigenvalue weighted by atomic mass is 10.0. The third-order valence-electron chi connectivity index (χ3n) is 3.49. The topological polar surface area (TPSA) is 38.5 Å². The van der Waals surface area contributed by atoms with Gasteiger partial charge in [0.25, 0.3) is 0 Å². The molecule has 0 aliphatic heterocycles. The van der Waals surface area contributed by atoms with E-state index in [0.29, 0.717) is 6.04 Å². The summed E-state index contributed by atoms with van der Waals surface area (Å²) in [6.45, 7) is 9.61. The maximum atomic E-state index is 6.12. The zero-order valence-electron chi connectivity index (χ0n) is 12.2. The average molecular weight is 250 g/mol. The highest BCUT2D eigenvalue weighted by molar-refractivity contribution is 5.61. The molecule has 0 aliphatic rings. The van der Waals surface area contributed by atoms with Gasteiger partial charge in [-0.15, -0.1) is 0 Å². The number of ether oxygens (including phenoxy) is 1. The van der Waals surface area contributed by atoms with Crippen LogP contribution in [-0.2, 0) is 0 Å². The van der Waals surface area contributed by atoms with Crippen molar-refractivity contribution in [2.75, 3.05) is 18.6 Å². The molecule has 2 atom stereocenters. The molecule has 3 nitrogen and oxygen atoms in total. The SMILES string of the molecule is CCC(C)N(CC)c1cccc(OC)c1[C@@H](C)N. The van der Waals surface area contributed by atoms with Gasteiger partial charge >= 0.3 is 0 Å². The van der Waals surface area contributed by atoms with Crippen LogP contribution in [0, 0.1) is 0 Å². The fraction of sp³-hybridized carbons (Fsp3) is 0.600. The van der Waals surface area contributed by atoms with Crippen molar-refractivity contribution in [3.63, 3.8) is 0 Å². The molecule has 0 spiro atoms. The highest BCUT2D eigenvalue weighted by atomic mass is 16.5. The van der Waals surface area contributed by atoms with Gasteiger partial charge < -0.3 is 15.4 Å². The number of rotatable bonds is 6. The maximum absolute atomic E-state index is 6.12. The first-order chi connectivity index (χ1) is 8.56. The van der Waals surface area contributed by atoms with E-state index in [1.165, 1.54) is 5.69 Å². The summed E-state index contributed by atoms with van der Waals surface area (Å²) in [7, 11) is 1.70. The van der Waals surface area contributed by atoms with E-state index in [9.17, 15) is 0 Å². The standard InChI is InChI=1S/C15H26N2O/c1-6-11(3)17(7-2)13-9-8-10-14(18-5)15(13)12(4)16/h8-12H,6-7,16H2,1-5H3/t11?,12-/m1/s1. The van der Waals surface area contributed by atoms with Crippen LogP contribution in [0.4, 0.5) is 5.69 Å². The first-order valence-corrected chi connectivity index (χ1v) is 6.75. The molecule has 0 fully saturated rings. The molecule has 1 aromatic rings. The highest BCUT2D eigenvalue weighted by Crippen LogP contribution is 2.34. The molecule has 0 amide bonds. The van der Waals surface area contributed by atoms with Crippen molar-refractivity contribution in [3.8, 4) is 5.75 Å². The normalized spacial score (nSPS) is 14.1. The molecule has 0 aliphatic carbocycles. The Kier molecular flexibility index (Phi) is 5.48. The van der Waals surface area contributed by atoms with Crippen LogP contribution >= 0.6 is 0 Å². The number of nitrogens with zero attached hydrogens (tertiary/aromatic N) is 1. The van der Waals surface area contributed by atoms with Crippen molar-refractivity contribution >= 4 is 5.69 Å². The van der Waals surface area contributed by atoms with Gasteiger partial charge in [0, 0.05) is 29.9 Å². The quantitative estimate of drug-likeness (QED) is 0.841. The van der Waals surface area contributed by atoms with Gasteiger partial charge in [-0.2, -0.15) is 0 Å². The van der Waals surface area contributed by atoms with E-state index in [-0.39, 0.29) is 6.04 Å². The predicted octanol–water partition coefficient (Wildman–Crippen LogP) is 3.34. The molecule has 0 bridgehead atoms. The van der Waals surface area contributed by atoms with E-state index in [1.807, 2.05) is 19.1 Å². The molecule has 2 N–H and O–H groups in total. The first kappa shape index (κ1) is 14.8. The van der Waals surface area contributed by atoms with Crippen LogP contribution in [0.5, 0.6) is 5.75 Å². The van der Waals surface area contributed by atoms with Crippen molar-refractivity contribution in [2.24, 2.45) is 5.73 Å². The van der Waals surface area contributed by atoms with Crippen molar-refractivity contribution in [3.05, 3.63) is 23.8 Å². The van der Waals surface area contributed by atoms with Gasteiger partial charge in [-0.1, -0.05) is 13.0 Å². The van der Waals surface area contributed by atoms with Crippen LogP contribution in [0.15, 0.2) is 18.2 Å². The minimum Gasteiger partial charge on any atom is -0.496 e. The summed E-state index contributed by atoms with van der Waals surface area (Å²) in [5.74, 6) is 0.879. The molecule has 1 aromatic carbocycles. The Hall–Kier alpha value is -1.22. The number of benzene rings is 1. The predicted molar refractivity (Wildman–Crippen MR) is 78.4 cm³/mol. The fourth-order valence-corrected chi connectivity index (χ4v) is 2.36. The highest BCUT2D eigenvalue weighted by Gasteiger charge is 2.19. The monoisotopic (exact) mass is 250 g/mol. The van der Waals surface area contributed by atoms with Crippen molar-refractivity contribution < 1.29 is 4.74 Å². The summed E-state index contributed by atoms with van der Waals surface area (Å²) in [4.78, 5) is 2.39. The summed E-state index contributed by atoms with van der Waals surface area (Å²) >= 11 is 0. The van der Waals surface area contributed by atoms with Crippen LogP contribution in [-0.4, -0.2) is 19.7 Å². The van der Waals surface area contributed by atoms with Crippen molar-refractivity contribution in [1.29, 1.82) is 0 Å². The second kappa shape index (κ2) is 6.64. The van der Waals surface area contributed by atoms with Gasteiger partial charge in [-0.3, -0.25) is 0 Å². The van der Waals surface area contributed by atoms with Crippen molar-refractivity contribution in [2.45, 2.75) is 46.2 Å². The number of nitrogens with two attached hydrogens (primary N) is 1. The smallest absolute Gasteiger partial charge is 0.125 e. The molecule has 3 heteroatoms. The lowest BCUT2D eigenvalue weighted by Gasteiger charge is -2.32. The summed E-state index contributed by atoms with van der Waals surface area (Å²) in [5.41, 5.74) is 8.41. The van der Waals surface area contributed by atoms with E-state index >= 15 is 0 Å².